The average Bonchev–Trinajstić information content (AvgIpc) is 2.99. The first kappa shape index (κ1) is 16.7. The molecule has 1 aliphatic heterocycles. The van der Waals surface area contributed by atoms with Crippen molar-refractivity contribution in [2.45, 2.75) is 32.2 Å². The van der Waals surface area contributed by atoms with Crippen molar-refractivity contribution in [3.63, 3.8) is 0 Å². The molecule has 24 heavy (non-hydrogen) atoms. The molecule has 0 spiro atoms. The molecular formula is C19H21ClN2O2. The number of hydrogen-bond acceptors (Lipinski definition) is 3. The average molecular weight is 345 g/mol. The maximum Gasteiger partial charge on any atom is 0.227 e. The predicted octanol–water partition coefficient (Wildman–Crippen LogP) is 4.49. The molecule has 1 aliphatic rings. The normalized spacial score (nSPS) is 15.5. The number of anilines is 2. The highest BCUT2D eigenvalue weighted by atomic mass is 35.5. The topological polar surface area (TPSA) is 50.4 Å². The second-order valence-corrected chi connectivity index (χ2v) is 6.36. The number of amides is 1. The molecule has 2 aromatic rings. The first-order chi connectivity index (χ1) is 11.6. The van der Waals surface area contributed by atoms with Crippen LogP contribution >= 0.6 is 11.6 Å². The van der Waals surface area contributed by atoms with Crippen LogP contribution in [0, 0.1) is 0 Å². The van der Waals surface area contributed by atoms with Crippen LogP contribution in [0.15, 0.2) is 42.5 Å². The molecule has 0 aliphatic carbocycles. The maximum absolute atomic E-state index is 12.0. The van der Waals surface area contributed by atoms with Crippen LogP contribution in [0.1, 0.15) is 25.3 Å². The summed E-state index contributed by atoms with van der Waals surface area (Å²) >= 11 is 5.82. The van der Waals surface area contributed by atoms with E-state index in [-0.39, 0.29) is 5.91 Å². The zero-order valence-corrected chi connectivity index (χ0v) is 14.4. The summed E-state index contributed by atoms with van der Waals surface area (Å²) in [6.45, 7) is 2.50. The Morgan fingerprint density at radius 1 is 1.29 bits per heavy atom. The highest BCUT2D eigenvalue weighted by Crippen LogP contribution is 2.29. The zero-order valence-electron chi connectivity index (χ0n) is 13.6. The quantitative estimate of drug-likeness (QED) is 0.811. The minimum Gasteiger partial charge on any atom is -0.493 e. The second-order valence-electron chi connectivity index (χ2n) is 5.93. The van der Waals surface area contributed by atoms with E-state index >= 15 is 0 Å². The van der Waals surface area contributed by atoms with Gasteiger partial charge in [-0.05, 0) is 60.9 Å². The number of hydrogen-bond donors (Lipinski definition) is 2. The van der Waals surface area contributed by atoms with Gasteiger partial charge in [0, 0.05) is 22.4 Å². The molecule has 4 nitrogen and oxygen atoms in total. The van der Waals surface area contributed by atoms with Gasteiger partial charge in [-0.2, -0.15) is 0 Å². The van der Waals surface area contributed by atoms with Crippen molar-refractivity contribution in [1.82, 2.24) is 0 Å². The van der Waals surface area contributed by atoms with Crippen molar-refractivity contribution in [1.29, 1.82) is 0 Å². The number of carbonyl (C=O) groups is 1. The van der Waals surface area contributed by atoms with Crippen molar-refractivity contribution in [2.75, 3.05) is 17.2 Å². The van der Waals surface area contributed by atoms with E-state index in [0.717, 1.165) is 18.5 Å². The third-order valence-corrected chi connectivity index (χ3v) is 4.37. The highest BCUT2D eigenvalue weighted by Gasteiger charge is 2.19. The van der Waals surface area contributed by atoms with Gasteiger partial charge in [0.1, 0.15) is 5.75 Å². The van der Waals surface area contributed by atoms with Gasteiger partial charge in [-0.1, -0.05) is 18.5 Å². The van der Waals surface area contributed by atoms with Crippen LogP contribution in [-0.4, -0.2) is 18.6 Å². The smallest absolute Gasteiger partial charge is 0.227 e. The third kappa shape index (κ3) is 4.20. The largest absolute Gasteiger partial charge is 0.493 e. The van der Waals surface area contributed by atoms with Gasteiger partial charge in [0.25, 0.3) is 0 Å². The van der Waals surface area contributed by atoms with Gasteiger partial charge in [0.15, 0.2) is 0 Å². The first-order valence-electron chi connectivity index (χ1n) is 8.21. The molecule has 126 valence electrons. The third-order valence-electron chi connectivity index (χ3n) is 4.12. The van der Waals surface area contributed by atoms with Crippen LogP contribution in [0.4, 0.5) is 11.4 Å². The van der Waals surface area contributed by atoms with E-state index in [1.165, 1.54) is 11.3 Å². The molecule has 1 atom stereocenters. The van der Waals surface area contributed by atoms with E-state index in [2.05, 4.69) is 23.6 Å². The molecule has 1 unspecified atom stereocenters. The number of halogens is 1. The fourth-order valence-electron chi connectivity index (χ4n) is 2.78. The van der Waals surface area contributed by atoms with Crippen molar-refractivity contribution in [3.05, 3.63) is 53.1 Å². The Labute approximate surface area is 147 Å². The van der Waals surface area contributed by atoms with Gasteiger partial charge < -0.3 is 15.4 Å². The minimum atomic E-state index is -0.0538. The van der Waals surface area contributed by atoms with Crippen LogP contribution < -0.4 is 15.4 Å². The van der Waals surface area contributed by atoms with Crippen molar-refractivity contribution >= 4 is 28.9 Å². The van der Waals surface area contributed by atoms with E-state index in [1.54, 1.807) is 24.3 Å². The van der Waals surface area contributed by atoms with Crippen molar-refractivity contribution < 1.29 is 9.53 Å². The molecule has 0 radical (unpaired) electrons. The highest BCUT2D eigenvalue weighted by molar-refractivity contribution is 6.30. The van der Waals surface area contributed by atoms with Gasteiger partial charge in [-0.25, -0.2) is 0 Å². The van der Waals surface area contributed by atoms with E-state index in [1.807, 2.05) is 12.1 Å². The van der Waals surface area contributed by atoms with Crippen LogP contribution in [-0.2, 0) is 11.2 Å². The molecule has 0 bridgehead atoms. The second kappa shape index (κ2) is 7.58. The summed E-state index contributed by atoms with van der Waals surface area (Å²) in [7, 11) is 0. The molecule has 5 heteroatoms. The summed E-state index contributed by atoms with van der Waals surface area (Å²) in [5, 5.41) is 7.07. The molecule has 3 rings (SSSR count). The number of fused-ring (bicyclic) bond motifs is 1. The molecule has 0 saturated heterocycles. The Hall–Kier alpha value is -2.20. The van der Waals surface area contributed by atoms with Crippen LogP contribution in [0.2, 0.25) is 5.02 Å². The molecule has 2 N–H and O–H groups in total. The monoisotopic (exact) mass is 344 g/mol. The summed E-state index contributed by atoms with van der Waals surface area (Å²) in [4.78, 5) is 12.0. The predicted molar refractivity (Wildman–Crippen MR) is 98.0 cm³/mol. The zero-order chi connectivity index (χ0) is 16.9. The molecular weight excluding hydrogens is 324 g/mol. The Morgan fingerprint density at radius 3 is 2.83 bits per heavy atom. The summed E-state index contributed by atoms with van der Waals surface area (Å²) in [5.74, 6) is 0.656. The Kier molecular flexibility index (Phi) is 5.26. The molecule has 0 saturated carbocycles. The molecule has 0 aromatic heterocycles. The maximum atomic E-state index is 12.0. The van der Waals surface area contributed by atoms with Crippen LogP contribution in [0.5, 0.6) is 5.75 Å². The lowest BCUT2D eigenvalue weighted by Gasteiger charge is -2.09. The SMILES string of the molecule is CCC1Cc2cc(NC(=O)CCOc3ccc(Cl)cc3)ccc2N1. The molecule has 1 amide bonds. The summed E-state index contributed by atoms with van der Waals surface area (Å²) in [6, 6.07) is 13.6. The van der Waals surface area contributed by atoms with Crippen LogP contribution in [0.25, 0.3) is 0 Å². The Bertz CT molecular complexity index is 716. The number of ether oxygens (including phenoxy) is 1. The number of carbonyl (C=O) groups excluding carboxylic acids is 1. The number of nitrogens with one attached hydrogen (secondary N) is 2. The molecule has 1 heterocycles. The van der Waals surface area contributed by atoms with E-state index in [0.29, 0.717) is 29.8 Å². The van der Waals surface area contributed by atoms with E-state index in [4.69, 9.17) is 16.3 Å². The van der Waals surface area contributed by atoms with Crippen LogP contribution in [0.3, 0.4) is 0 Å². The minimum absolute atomic E-state index is 0.0538. The lowest BCUT2D eigenvalue weighted by molar-refractivity contribution is -0.116. The lowest BCUT2D eigenvalue weighted by Crippen LogP contribution is -2.15. The lowest BCUT2D eigenvalue weighted by atomic mass is 10.1. The summed E-state index contributed by atoms with van der Waals surface area (Å²) in [5.41, 5.74) is 3.27. The summed E-state index contributed by atoms with van der Waals surface area (Å²) < 4.78 is 5.54. The van der Waals surface area contributed by atoms with E-state index < -0.39 is 0 Å². The number of rotatable bonds is 6. The standard InChI is InChI=1S/C19H21ClN2O2/c1-2-15-11-13-12-16(5-8-18(13)21-15)22-19(23)9-10-24-17-6-3-14(20)4-7-17/h3-8,12,15,21H,2,9-11H2,1H3,(H,22,23). The molecule has 0 fully saturated rings. The van der Waals surface area contributed by atoms with Crippen molar-refractivity contribution in [2.24, 2.45) is 0 Å². The van der Waals surface area contributed by atoms with Gasteiger partial charge in [0.05, 0.1) is 13.0 Å². The summed E-state index contributed by atoms with van der Waals surface area (Å²) in [6.07, 6.45) is 2.41. The van der Waals surface area contributed by atoms with Gasteiger partial charge in [-0.3, -0.25) is 4.79 Å². The van der Waals surface area contributed by atoms with Gasteiger partial charge in [0.2, 0.25) is 5.91 Å². The van der Waals surface area contributed by atoms with Crippen molar-refractivity contribution in [3.8, 4) is 5.75 Å². The fourth-order valence-corrected chi connectivity index (χ4v) is 2.91. The first-order valence-corrected chi connectivity index (χ1v) is 8.59. The Morgan fingerprint density at radius 2 is 2.08 bits per heavy atom. The van der Waals surface area contributed by atoms with Gasteiger partial charge in [-0.15, -0.1) is 0 Å². The Balaban J connectivity index is 1.48. The number of benzene rings is 2. The fraction of sp³-hybridized carbons (Fsp3) is 0.316. The molecule has 2 aromatic carbocycles. The van der Waals surface area contributed by atoms with E-state index in [9.17, 15) is 4.79 Å². The van der Waals surface area contributed by atoms with Gasteiger partial charge >= 0.3 is 0 Å².